The number of thiophene rings is 1. The minimum Gasteiger partial charge on any atom is -0.477 e. The Kier molecular flexibility index (Phi) is 3.33. The van der Waals surface area contributed by atoms with Crippen molar-refractivity contribution in [3.05, 3.63) is 51.7 Å². The van der Waals surface area contributed by atoms with Crippen LogP contribution in [0.25, 0.3) is 0 Å². The summed E-state index contributed by atoms with van der Waals surface area (Å²) in [4.78, 5) is 11.0. The molecule has 23 heavy (non-hydrogen) atoms. The van der Waals surface area contributed by atoms with E-state index < -0.39 is 16.0 Å². The number of hydrogen-bond donors (Lipinski definition) is 2. The van der Waals surface area contributed by atoms with E-state index in [1.807, 2.05) is 12.1 Å². The second-order valence-corrected chi connectivity index (χ2v) is 8.65. The van der Waals surface area contributed by atoms with Gasteiger partial charge in [-0.05, 0) is 36.0 Å². The first-order valence-electron chi connectivity index (χ1n) is 7.39. The molecule has 5 nitrogen and oxygen atoms in total. The van der Waals surface area contributed by atoms with Crippen molar-refractivity contribution in [2.75, 3.05) is 0 Å². The maximum atomic E-state index is 12.5. The van der Waals surface area contributed by atoms with Crippen LogP contribution in [-0.2, 0) is 16.4 Å². The number of carbonyl (C=O) groups is 1. The average Bonchev–Trinajstić information content (AvgIpc) is 2.98. The molecule has 2 aliphatic rings. The maximum absolute atomic E-state index is 12.5. The van der Waals surface area contributed by atoms with Crippen molar-refractivity contribution in [3.63, 3.8) is 0 Å². The zero-order valence-electron chi connectivity index (χ0n) is 12.1. The third-order valence-electron chi connectivity index (χ3n) is 4.72. The third kappa shape index (κ3) is 2.49. The fourth-order valence-electron chi connectivity index (χ4n) is 3.55. The average molecular weight is 349 g/mol. The lowest BCUT2D eigenvalue weighted by atomic mass is 9.92. The molecule has 0 spiro atoms. The van der Waals surface area contributed by atoms with Crippen LogP contribution in [0.4, 0.5) is 0 Å². The highest BCUT2D eigenvalue weighted by molar-refractivity contribution is 7.89. The molecule has 4 rings (SSSR count). The highest BCUT2D eigenvalue weighted by Gasteiger charge is 2.54. The number of carboxylic acid groups (broad SMARTS) is 1. The van der Waals surface area contributed by atoms with Gasteiger partial charge in [0, 0.05) is 17.3 Å². The number of carboxylic acids is 1. The summed E-state index contributed by atoms with van der Waals surface area (Å²) < 4.78 is 27.7. The van der Waals surface area contributed by atoms with Crippen molar-refractivity contribution in [2.45, 2.75) is 29.7 Å². The summed E-state index contributed by atoms with van der Waals surface area (Å²) in [5, 5.41) is 10.3. The normalized spacial score (nSPS) is 25.5. The minimum absolute atomic E-state index is 0.0314. The number of benzene rings is 1. The Hall–Kier alpha value is -1.70. The van der Waals surface area contributed by atoms with Crippen molar-refractivity contribution >= 4 is 27.3 Å². The molecule has 1 aromatic carbocycles. The van der Waals surface area contributed by atoms with Gasteiger partial charge in [0.15, 0.2) is 0 Å². The van der Waals surface area contributed by atoms with Gasteiger partial charge in [0.1, 0.15) is 4.88 Å². The molecule has 3 unspecified atom stereocenters. The van der Waals surface area contributed by atoms with Crippen molar-refractivity contribution in [1.29, 1.82) is 0 Å². The van der Waals surface area contributed by atoms with Crippen LogP contribution in [0.15, 0.2) is 40.6 Å². The summed E-state index contributed by atoms with van der Waals surface area (Å²) in [5.41, 5.74) is 2.55. The lowest BCUT2D eigenvalue weighted by Crippen LogP contribution is -2.27. The summed E-state index contributed by atoms with van der Waals surface area (Å²) in [6.07, 6.45) is 1.97. The molecular formula is C16H15NO4S2. The SMILES string of the molecule is O=C(O)c1cc(S(=O)(=O)NC2C3CCc4ccccc4C32)cs1. The summed E-state index contributed by atoms with van der Waals surface area (Å²) in [5.74, 6) is -0.518. The molecule has 0 saturated heterocycles. The van der Waals surface area contributed by atoms with Crippen molar-refractivity contribution < 1.29 is 18.3 Å². The number of fused-ring (bicyclic) bond motifs is 3. The molecule has 1 fully saturated rings. The number of nitrogens with one attached hydrogen (secondary N) is 1. The molecule has 3 atom stereocenters. The smallest absolute Gasteiger partial charge is 0.345 e. The Morgan fingerprint density at radius 3 is 2.83 bits per heavy atom. The topological polar surface area (TPSA) is 83.5 Å². The van der Waals surface area contributed by atoms with Gasteiger partial charge in [-0.3, -0.25) is 0 Å². The fraction of sp³-hybridized carbons (Fsp3) is 0.312. The van der Waals surface area contributed by atoms with Crippen LogP contribution in [0.1, 0.15) is 33.1 Å². The number of aryl methyl sites for hydroxylation is 1. The van der Waals surface area contributed by atoms with Crippen LogP contribution in [0.2, 0.25) is 0 Å². The van der Waals surface area contributed by atoms with E-state index in [9.17, 15) is 13.2 Å². The van der Waals surface area contributed by atoms with Crippen LogP contribution in [-0.4, -0.2) is 25.5 Å². The Labute approximate surface area is 138 Å². The van der Waals surface area contributed by atoms with E-state index in [-0.39, 0.29) is 21.7 Å². The number of aromatic carboxylic acids is 1. The standard InChI is InChI=1S/C16H15NO4S2/c18-16(19)13-7-10(8-22-13)23(20,21)17-15-12-6-5-9-3-1-2-4-11(9)14(12)15/h1-4,7-8,12,14-15,17H,5-6H2,(H,18,19). The van der Waals surface area contributed by atoms with Crippen LogP contribution in [0.3, 0.4) is 0 Å². The van der Waals surface area contributed by atoms with Gasteiger partial charge in [-0.1, -0.05) is 24.3 Å². The number of rotatable bonds is 4. The molecule has 2 N–H and O–H groups in total. The van der Waals surface area contributed by atoms with Gasteiger partial charge in [-0.15, -0.1) is 11.3 Å². The second kappa shape index (κ2) is 5.15. The van der Waals surface area contributed by atoms with Crippen molar-refractivity contribution in [1.82, 2.24) is 4.72 Å². The summed E-state index contributed by atoms with van der Waals surface area (Å²) in [7, 11) is -3.67. The summed E-state index contributed by atoms with van der Waals surface area (Å²) in [6, 6.07) is 9.32. The zero-order chi connectivity index (χ0) is 16.2. The highest BCUT2D eigenvalue weighted by atomic mass is 32.2. The van der Waals surface area contributed by atoms with Gasteiger partial charge in [-0.2, -0.15) is 0 Å². The molecule has 0 radical (unpaired) electrons. The largest absolute Gasteiger partial charge is 0.477 e. The predicted octanol–water partition coefficient (Wildman–Crippen LogP) is 2.45. The Morgan fingerprint density at radius 1 is 1.30 bits per heavy atom. The first-order valence-corrected chi connectivity index (χ1v) is 9.75. The van der Waals surface area contributed by atoms with Crippen LogP contribution in [0.5, 0.6) is 0 Å². The van der Waals surface area contributed by atoms with Crippen molar-refractivity contribution in [2.24, 2.45) is 5.92 Å². The van der Waals surface area contributed by atoms with Crippen LogP contribution < -0.4 is 4.72 Å². The molecule has 2 aliphatic carbocycles. The Balaban J connectivity index is 1.56. The number of sulfonamides is 1. The first kappa shape index (κ1) is 14.9. The predicted molar refractivity (Wildman–Crippen MR) is 86.4 cm³/mol. The van der Waals surface area contributed by atoms with Gasteiger partial charge < -0.3 is 5.11 Å². The molecular weight excluding hydrogens is 334 g/mol. The van der Waals surface area contributed by atoms with E-state index in [1.54, 1.807) is 0 Å². The van der Waals surface area contributed by atoms with E-state index >= 15 is 0 Å². The first-order chi connectivity index (χ1) is 11.0. The lowest BCUT2D eigenvalue weighted by molar-refractivity contribution is 0.0702. The minimum atomic E-state index is -3.67. The maximum Gasteiger partial charge on any atom is 0.345 e. The fourth-order valence-corrected chi connectivity index (χ4v) is 5.97. The quantitative estimate of drug-likeness (QED) is 0.888. The van der Waals surface area contributed by atoms with E-state index in [0.717, 1.165) is 24.2 Å². The lowest BCUT2D eigenvalue weighted by Gasteiger charge is -2.13. The Bertz CT molecular complexity index is 887. The molecule has 7 heteroatoms. The number of hydrogen-bond acceptors (Lipinski definition) is 4. The third-order valence-corrected chi connectivity index (χ3v) is 7.22. The molecule has 0 bridgehead atoms. The van der Waals surface area contributed by atoms with Gasteiger partial charge in [0.05, 0.1) is 4.90 Å². The molecule has 2 aromatic rings. The monoisotopic (exact) mass is 349 g/mol. The van der Waals surface area contributed by atoms with E-state index in [2.05, 4.69) is 16.9 Å². The molecule has 1 aromatic heterocycles. The molecule has 1 saturated carbocycles. The van der Waals surface area contributed by atoms with E-state index in [1.165, 1.54) is 22.6 Å². The Morgan fingerprint density at radius 2 is 2.09 bits per heavy atom. The van der Waals surface area contributed by atoms with Gasteiger partial charge in [-0.25, -0.2) is 17.9 Å². The van der Waals surface area contributed by atoms with Crippen LogP contribution in [0, 0.1) is 5.92 Å². The highest BCUT2D eigenvalue weighted by Crippen LogP contribution is 2.55. The molecule has 1 heterocycles. The van der Waals surface area contributed by atoms with Crippen LogP contribution >= 0.6 is 11.3 Å². The zero-order valence-corrected chi connectivity index (χ0v) is 13.7. The summed E-state index contributed by atoms with van der Waals surface area (Å²) in [6.45, 7) is 0. The van der Waals surface area contributed by atoms with Gasteiger partial charge in [0.25, 0.3) is 0 Å². The molecule has 0 amide bonds. The van der Waals surface area contributed by atoms with Gasteiger partial charge >= 0.3 is 5.97 Å². The van der Waals surface area contributed by atoms with Crippen molar-refractivity contribution in [3.8, 4) is 0 Å². The summed E-state index contributed by atoms with van der Waals surface area (Å²) >= 11 is 0.927. The second-order valence-electron chi connectivity index (χ2n) is 6.03. The van der Waals surface area contributed by atoms with E-state index in [4.69, 9.17) is 5.11 Å². The van der Waals surface area contributed by atoms with Gasteiger partial charge in [0.2, 0.25) is 10.0 Å². The molecule has 120 valence electrons. The van der Waals surface area contributed by atoms with E-state index in [0.29, 0.717) is 5.92 Å². The molecule has 0 aliphatic heterocycles.